The van der Waals surface area contributed by atoms with E-state index in [1.54, 1.807) is 46.1 Å². The molecule has 1 aromatic rings. The number of rotatable bonds is 2. The van der Waals surface area contributed by atoms with Gasteiger partial charge in [0.2, 0.25) is 0 Å². The van der Waals surface area contributed by atoms with E-state index in [0.29, 0.717) is 17.2 Å². The molecule has 1 aliphatic rings. The van der Waals surface area contributed by atoms with Crippen molar-refractivity contribution in [3.05, 3.63) is 18.2 Å². The zero-order valence-corrected chi connectivity index (χ0v) is 14.0. The lowest BCUT2D eigenvalue weighted by Crippen LogP contribution is -2.49. The number of hydrogen-bond donors (Lipinski definition) is 1. The molecule has 23 heavy (non-hydrogen) atoms. The first kappa shape index (κ1) is 16.9. The van der Waals surface area contributed by atoms with Gasteiger partial charge in [-0.25, -0.2) is 4.79 Å². The Balaban J connectivity index is 2.15. The summed E-state index contributed by atoms with van der Waals surface area (Å²) in [5, 5.41) is 2.75. The number of methoxy groups -OCH3 is 1. The van der Waals surface area contributed by atoms with Crippen molar-refractivity contribution >= 4 is 17.7 Å². The maximum absolute atomic E-state index is 12.4. The second-order valence-electron chi connectivity index (χ2n) is 6.27. The Labute approximate surface area is 135 Å². The Morgan fingerprint density at radius 2 is 2.09 bits per heavy atom. The first-order valence-electron chi connectivity index (χ1n) is 7.29. The standard InChI is InChI=1S/C16H22N2O5/c1-16(2,3)23-15(20)18(4)12-9-22-13-8-10(21-5)6-7-11(13)17-14(12)19/h6-8,12H,9H2,1-5H3,(H,17,19)/t12-/m1/s1. The number of amides is 2. The SMILES string of the molecule is COc1ccc2c(c1)OC[C@@H](N(C)C(=O)OC(C)(C)C)C(=O)N2. The van der Waals surface area contributed by atoms with Crippen molar-refractivity contribution in [2.24, 2.45) is 0 Å². The number of anilines is 1. The maximum Gasteiger partial charge on any atom is 0.410 e. The minimum atomic E-state index is -0.789. The highest BCUT2D eigenvalue weighted by molar-refractivity contribution is 5.98. The topological polar surface area (TPSA) is 77.1 Å². The van der Waals surface area contributed by atoms with E-state index in [1.807, 2.05) is 0 Å². The number of nitrogens with zero attached hydrogens (tertiary/aromatic N) is 1. The van der Waals surface area contributed by atoms with Gasteiger partial charge in [-0.2, -0.15) is 0 Å². The molecular weight excluding hydrogens is 300 g/mol. The molecule has 1 aromatic carbocycles. The predicted octanol–water partition coefficient (Wildman–Crippen LogP) is 2.26. The van der Waals surface area contributed by atoms with Gasteiger partial charge in [0.15, 0.2) is 0 Å². The van der Waals surface area contributed by atoms with Gasteiger partial charge >= 0.3 is 6.09 Å². The molecule has 2 amide bonds. The monoisotopic (exact) mass is 322 g/mol. The number of fused-ring (bicyclic) bond motifs is 1. The van der Waals surface area contributed by atoms with E-state index in [-0.39, 0.29) is 12.5 Å². The molecule has 2 rings (SSSR count). The summed E-state index contributed by atoms with van der Waals surface area (Å²) in [4.78, 5) is 25.7. The highest BCUT2D eigenvalue weighted by atomic mass is 16.6. The van der Waals surface area contributed by atoms with Crippen LogP contribution in [0.2, 0.25) is 0 Å². The minimum Gasteiger partial charge on any atom is -0.497 e. The summed E-state index contributed by atoms with van der Waals surface area (Å²) >= 11 is 0. The molecule has 0 radical (unpaired) electrons. The number of carbonyl (C=O) groups excluding carboxylic acids is 2. The molecule has 0 bridgehead atoms. The van der Waals surface area contributed by atoms with Gasteiger partial charge in [0, 0.05) is 13.1 Å². The average molecular weight is 322 g/mol. The van der Waals surface area contributed by atoms with Crippen LogP contribution in [0.15, 0.2) is 18.2 Å². The molecule has 126 valence electrons. The Morgan fingerprint density at radius 3 is 2.70 bits per heavy atom. The van der Waals surface area contributed by atoms with E-state index in [1.165, 1.54) is 11.9 Å². The van der Waals surface area contributed by atoms with E-state index in [0.717, 1.165) is 0 Å². The Kier molecular flexibility index (Phi) is 4.68. The molecule has 1 aliphatic heterocycles. The molecule has 1 N–H and O–H groups in total. The Bertz CT molecular complexity index is 609. The zero-order valence-electron chi connectivity index (χ0n) is 14.0. The summed E-state index contributed by atoms with van der Waals surface area (Å²) in [5.74, 6) is 0.789. The number of carbonyl (C=O) groups is 2. The van der Waals surface area contributed by atoms with Crippen LogP contribution in [-0.2, 0) is 9.53 Å². The van der Waals surface area contributed by atoms with Gasteiger partial charge in [-0.3, -0.25) is 9.69 Å². The highest BCUT2D eigenvalue weighted by Crippen LogP contribution is 2.31. The van der Waals surface area contributed by atoms with Crippen molar-refractivity contribution in [2.75, 3.05) is 26.1 Å². The van der Waals surface area contributed by atoms with Crippen molar-refractivity contribution < 1.29 is 23.8 Å². The number of likely N-dealkylation sites (N-methyl/N-ethyl adjacent to an activating group) is 1. The van der Waals surface area contributed by atoms with Gasteiger partial charge < -0.3 is 19.5 Å². The second-order valence-corrected chi connectivity index (χ2v) is 6.27. The third kappa shape index (κ3) is 4.06. The molecule has 1 atom stereocenters. The number of nitrogens with one attached hydrogen (secondary N) is 1. The average Bonchev–Trinajstić information content (AvgIpc) is 2.62. The van der Waals surface area contributed by atoms with Crippen molar-refractivity contribution in [1.29, 1.82) is 0 Å². The summed E-state index contributed by atoms with van der Waals surface area (Å²) < 4.78 is 16.1. The molecule has 0 unspecified atom stereocenters. The highest BCUT2D eigenvalue weighted by Gasteiger charge is 2.33. The van der Waals surface area contributed by atoms with Crippen LogP contribution >= 0.6 is 0 Å². The summed E-state index contributed by atoms with van der Waals surface area (Å²) in [5.41, 5.74) is -0.0973. The molecule has 0 saturated carbocycles. The Morgan fingerprint density at radius 1 is 1.39 bits per heavy atom. The van der Waals surface area contributed by atoms with Crippen LogP contribution in [0.4, 0.5) is 10.5 Å². The van der Waals surface area contributed by atoms with Crippen molar-refractivity contribution in [3.8, 4) is 11.5 Å². The van der Waals surface area contributed by atoms with E-state index in [9.17, 15) is 9.59 Å². The summed E-state index contributed by atoms with van der Waals surface area (Å²) in [6.07, 6.45) is -0.579. The fourth-order valence-corrected chi connectivity index (χ4v) is 2.06. The third-order valence-electron chi connectivity index (χ3n) is 3.29. The van der Waals surface area contributed by atoms with Crippen LogP contribution in [0.5, 0.6) is 11.5 Å². The number of hydrogen-bond acceptors (Lipinski definition) is 5. The minimum absolute atomic E-state index is 0.0295. The van der Waals surface area contributed by atoms with Crippen LogP contribution in [-0.4, -0.2) is 49.3 Å². The lowest BCUT2D eigenvalue weighted by molar-refractivity contribution is -0.121. The van der Waals surface area contributed by atoms with Crippen LogP contribution in [0.3, 0.4) is 0 Å². The van der Waals surface area contributed by atoms with Crippen molar-refractivity contribution in [3.63, 3.8) is 0 Å². The van der Waals surface area contributed by atoms with Gasteiger partial charge in [0.25, 0.3) is 5.91 Å². The molecule has 0 aromatic heterocycles. The van der Waals surface area contributed by atoms with Gasteiger partial charge in [-0.05, 0) is 32.9 Å². The summed E-state index contributed by atoms with van der Waals surface area (Å²) in [6, 6.07) is 4.32. The van der Waals surface area contributed by atoms with E-state index >= 15 is 0 Å². The van der Waals surface area contributed by atoms with Gasteiger partial charge in [0.1, 0.15) is 29.7 Å². The van der Waals surface area contributed by atoms with E-state index in [2.05, 4.69) is 5.32 Å². The first-order valence-corrected chi connectivity index (χ1v) is 7.29. The first-order chi connectivity index (χ1) is 10.7. The predicted molar refractivity (Wildman–Crippen MR) is 84.9 cm³/mol. The lowest BCUT2D eigenvalue weighted by Gasteiger charge is -2.28. The number of benzene rings is 1. The fraction of sp³-hybridized carbons (Fsp3) is 0.500. The number of ether oxygens (including phenoxy) is 3. The largest absolute Gasteiger partial charge is 0.497 e. The smallest absolute Gasteiger partial charge is 0.410 e. The normalized spacial score (nSPS) is 17.3. The molecule has 0 spiro atoms. The molecule has 0 aliphatic carbocycles. The summed E-state index contributed by atoms with van der Waals surface area (Å²) in [7, 11) is 3.06. The lowest BCUT2D eigenvalue weighted by atomic mass is 10.2. The zero-order chi connectivity index (χ0) is 17.2. The second kappa shape index (κ2) is 6.36. The molecule has 7 heteroatoms. The van der Waals surface area contributed by atoms with Crippen LogP contribution in [0, 0.1) is 0 Å². The third-order valence-corrected chi connectivity index (χ3v) is 3.29. The van der Waals surface area contributed by atoms with E-state index < -0.39 is 17.7 Å². The molecular formula is C16H22N2O5. The summed E-state index contributed by atoms with van der Waals surface area (Å²) in [6.45, 7) is 5.33. The Hall–Kier alpha value is -2.44. The molecule has 7 nitrogen and oxygen atoms in total. The maximum atomic E-state index is 12.4. The van der Waals surface area contributed by atoms with Gasteiger partial charge in [-0.15, -0.1) is 0 Å². The van der Waals surface area contributed by atoms with Crippen molar-refractivity contribution in [1.82, 2.24) is 4.90 Å². The van der Waals surface area contributed by atoms with E-state index in [4.69, 9.17) is 14.2 Å². The molecule has 0 fully saturated rings. The van der Waals surface area contributed by atoms with Gasteiger partial charge in [0.05, 0.1) is 12.8 Å². The van der Waals surface area contributed by atoms with Crippen LogP contribution < -0.4 is 14.8 Å². The van der Waals surface area contributed by atoms with Crippen LogP contribution in [0.1, 0.15) is 20.8 Å². The quantitative estimate of drug-likeness (QED) is 0.904. The fourth-order valence-electron chi connectivity index (χ4n) is 2.06. The van der Waals surface area contributed by atoms with Crippen molar-refractivity contribution in [2.45, 2.75) is 32.4 Å². The molecule has 0 saturated heterocycles. The van der Waals surface area contributed by atoms with Gasteiger partial charge in [-0.1, -0.05) is 0 Å². The molecule has 1 heterocycles. The van der Waals surface area contributed by atoms with Crippen LogP contribution in [0.25, 0.3) is 0 Å².